The van der Waals surface area contributed by atoms with Crippen LogP contribution in [0.1, 0.15) is 24.8 Å². The first-order valence-electron chi connectivity index (χ1n) is 7.29. The zero-order chi connectivity index (χ0) is 14.2. The lowest BCUT2D eigenvalue weighted by Crippen LogP contribution is -2.21. The van der Waals surface area contributed by atoms with E-state index in [1.54, 1.807) is 0 Å². The lowest BCUT2D eigenvalue weighted by molar-refractivity contribution is -0.139. The predicted molar refractivity (Wildman–Crippen MR) is 76.9 cm³/mol. The molecule has 2 heterocycles. The zero-order valence-corrected chi connectivity index (χ0v) is 11.6. The second-order valence-electron chi connectivity index (χ2n) is 5.58. The fourth-order valence-corrected chi connectivity index (χ4v) is 3.17. The maximum Gasteiger partial charge on any atom is 0.331 e. The first-order valence-corrected chi connectivity index (χ1v) is 7.29. The fraction of sp³-hybridized carbons (Fsp3) is 0.353. The van der Waals surface area contributed by atoms with Gasteiger partial charge in [0.25, 0.3) is 0 Å². The molecule has 0 saturated heterocycles. The van der Waals surface area contributed by atoms with Crippen LogP contribution < -0.4 is 9.47 Å². The van der Waals surface area contributed by atoms with Crippen molar-refractivity contribution in [3.63, 3.8) is 0 Å². The summed E-state index contributed by atoms with van der Waals surface area (Å²) in [5.74, 6) is 1.65. The quantitative estimate of drug-likeness (QED) is 0.783. The highest BCUT2D eigenvalue weighted by atomic mass is 16.7. The van der Waals surface area contributed by atoms with Gasteiger partial charge in [-0.15, -0.1) is 0 Å². The van der Waals surface area contributed by atoms with Gasteiger partial charge in [0.15, 0.2) is 11.5 Å². The molecule has 0 aromatic heterocycles. The Morgan fingerprint density at radius 3 is 2.90 bits per heavy atom. The molecule has 0 radical (unpaired) electrons. The van der Waals surface area contributed by atoms with Crippen LogP contribution in [0.4, 0.5) is 0 Å². The molecule has 1 aromatic carbocycles. The Labute approximate surface area is 123 Å². The van der Waals surface area contributed by atoms with E-state index >= 15 is 0 Å². The van der Waals surface area contributed by atoms with Crippen LogP contribution in [-0.2, 0) is 9.53 Å². The van der Waals surface area contributed by atoms with Crippen LogP contribution in [0.2, 0.25) is 0 Å². The van der Waals surface area contributed by atoms with Gasteiger partial charge in [0.05, 0.1) is 0 Å². The van der Waals surface area contributed by atoms with Crippen molar-refractivity contribution in [2.24, 2.45) is 5.92 Å². The molecule has 2 aliphatic heterocycles. The summed E-state index contributed by atoms with van der Waals surface area (Å²) in [5.41, 5.74) is 2.46. The standard InChI is InChI=1S/C17H16O4/c18-17-7-6-14(21-17)13-3-1-2-11(8-13)12-4-5-15-16(9-12)20-10-19-15/h4-9,13-14H,1-3,10H2. The summed E-state index contributed by atoms with van der Waals surface area (Å²) in [6.07, 6.45) is 8.72. The first kappa shape index (κ1) is 12.5. The largest absolute Gasteiger partial charge is 0.454 e. The predicted octanol–water partition coefficient (Wildman–Crippen LogP) is 3.08. The Balaban J connectivity index is 1.60. The summed E-state index contributed by atoms with van der Waals surface area (Å²) in [6.45, 7) is 0.295. The van der Waals surface area contributed by atoms with Crippen molar-refractivity contribution in [1.29, 1.82) is 0 Å². The highest BCUT2D eigenvalue weighted by molar-refractivity contribution is 5.84. The number of cyclic esters (lactones) is 1. The molecule has 0 N–H and O–H groups in total. The van der Waals surface area contributed by atoms with Crippen LogP contribution in [-0.4, -0.2) is 18.9 Å². The molecule has 2 atom stereocenters. The van der Waals surface area contributed by atoms with Crippen LogP contribution in [0.15, 0.2) is 36.4 Å². The minimum absolute atomic E-state index is 0.109. The number of benzene rings is 1. The molecule has 1 aromatic rings. The minimum atomic E-state index is -0.233. The average Bonchev–Trinajstić information content (AvgIpc) is 3.15. The molecule has 4 rings (SSSR count). The molecule has 0 fully saturated rings. The Kier molecular flexibility index (Phi) is 2.95. The number of fused-ring (bicyclic) bond motifs is 1. The molecular formula is C17H16O4. The molecule has 108 valence electrons. The van der Waals surface area contributed by atoms with E-state index in [1.807, 2.05) is 18.2 Å². The van der Waals surface area contributed by atoms with Crippen LogP contribution in [0, 0.1) is 5.92 Å². The van der Waals surface area contributed by atoms with Crippen molar-refractivity contribution >= 4 is 11.5 Å². The molecule has 0 saturated carbocycles. The van der Waals surface area contributed by atoms with Gasteiger partial charge in [-0.2, -0.15) is 0 Å². The normalized spacial score (nSPS) is 26.7. The monoisotopic (exact) mass is 284 g/mol. The molecule has 21 heavy (non-hydrogen) atoms. The number of hydrogen-bond acceptors (Lipinski definition) is 4. The van der Waals surface area contributed by atoms with Crippen molar-refractivity contribution in [2.45, 2.75) is 25.4 Å². The number of carbonyl (C=O) groups excluding carboxylic acids is 1. The first-order chi connectivity index (χ1) is 10.3. The van der Waals surface area contributed by atoms with E-state index in [9.17, 15) is 4.79 Å². The second kappa shape index (κ2) is 4.95. The third-order valence-electron chi connectivity index (χ3n) is 4.24. The molecule has 4 nitrogen and oxygen atoms in total. The number of hydrogen-bond donors (Lipinski definition) is 0. The van der Waals surface area contributed by atoms with E-state index < -0.39 is 0 Å². The zero-order valence-electron chi connectivity index (χ0n) is 11.6. The van der Waals surface area contributed by atoms with Gasteiger partial charge in [-0.25, -0.2) is 4.79 Å². The van der Waals surface area contributed by atoms with E-state index in [1.165, 1.54) is 11.6 Å². The molecule has 0 bridgehead atoms. The number of esters is 1. The van der Waals surface area contributed by atoms with Gasteiger partial charge >= 0.3 is 5.97 Å². The second-order valence-corrected chi connectivity index (χ2v) is 5.58. The molecule has 3 aliphatic rings. The van der Waals surface area contributed by atoms with E-state index in [2.05, 4.69) is 12.1 Å². The summed E-state index contributed by atoms with van der Waals surface area (Å²) in [5, 5.41) is 0. The van der Waals surface area contributed by atoms with Crippen molar-refractivity contribution < 1.29 is 19.0 Å². The molecule has 4 heteroatoms. The molecule has 2 unspecified atom stereocenters. The van der Waals surface area contributed by atoms with Crippen LogP contribution >= 0.6 is 0 Å². The van der Waals surface area contributed by atoms with Crippen LogP contribution in [0.5, 0.6) is 11.5 Å². The number of carbonyl (C=O) groups is 1. The Morgan fingerprint density at radius 1 is 1.14 bits per heavy atom. The van der Waals surface area contributed by atoms with Gasteiger partial charge in [0.1, 0.15) is 6.10 Å². The summed E-state index contributed by atoms with van der Waals surface area (Å²) < 4.78 is 16.1. The van der Waals surface area contributed by atoms with Crippen molar-refractivity contribution in [1.82, 2.24) is 0 Å². The molecular weight excluding hydrogens is 268 g/mol. The van der Waals surface area contributed by atoms with Gasteiger partial charge in [-0.1, -0.05) is 12.1 Å². The lowest BCUT2D eigenvalue weighted by atomic mass is 9.84. The van der Waals surface area contributed by atoms with Gasteiger partial charge in [-0.05, 0) is 48.6 Å². The summed E-state index contributed by atoms with van der Waals surface area (Å²) >= 11 is 0. The van der Waals surface area contributed by atoms with Gasteiger partial charge in [-0.3, -0.25) is 0 Å². The number of ether oxygens (including phenoxy) is 3. The Bertz CT molecular complexity index is 644. The number of allylic oxidation sites excluding steroid dienone is 1. The topological polar surface area (TPSA) is 44.8 Å². The summed E-state index contributed by atoms with van der Waals surface area (Å²) in [7, 11) is 0. The van der Waals surface area contributed by atoms with Crippen LogP contribution in [0.25, 0.3) is 5.57 Å². The molecule has 1 aliphatic carbocycles. The SMILES string of the molecule is O=C1C=CC(C2C=C(c3ccc4c(c3)OCO4)CCC2)O1. The lowest BCUT2D eigenvalue weighted by Gasteiger charge is -2.24. The highest BCUT2D eigenvalue weighted by Gasteiger charge is 2.27. The van der Waals surface area contributed by atoms with Gasteiger partial charge < -0.3 is 14.2 Å². The van der Waals surface area contributed by atoms with Crippen molar-refractivity contribution in [3.05, 3.63) is 42.0 Å². The highest BCUT2D eigenvalue weighted by Crippen LogP contribution is 2.38. The maximum atomic E-state index is 11.2. The van der Waals surface area contributed by atoms with Gasteiger partial charge in [0.2, 0.25) is 6.79 Å². The van der Waals surface area contributed by atoms with E-state index in [4.69, 9.17) is 14.2 Å². The third-order valence-corrected chi connectivity index (χ3v) is 4.24. The maximum absolute atomic E-state index is 11.2. The molecule has 0 amide bonds. The number of rotatable bonds is 2. The van der Waals surface area contributed by atoms with Crippen LogP contribution in [0.3, 0.4) is 0 Å². The smallest absolute Gasteiger partial charge is 0.331 e. The van der Waals surface area contributed by atoms with Crippen molar-refractivity contribution in [2.75, 3.05) is 6.79 Å². The average molecular weight is 284 g/mol. The fourth-order valence-electron chi connectivity index (χ4n) is 3.17. The Morgan fingerprint density at radius 2 is 2.05 bits per heavy atom. The summed E-state index contributed by atoms with van der Waals surface area (Å²) in [4.78, 5) is 11.2. The van der Waals surface area contributed by atoms with Gasteiger partial charge in [0, 0.05) is 12.0 Å². The Hall–Kier alpha value is -2.23. The van der Waals surface area contributed by atoms with E-state index in [0.717, 1.165) is 36.3 Å². The minimum Gasteiger partial charge on any atom is -0.454 e. The van der Waals surface area contributed by atoms with E-state index in [0.29, 0.717) is 6.79 Å². The molecule has 0 spiro atoms. The third kappa shape index (κ3) is 2.31. The summed E-state index contributed by atoms with van der Waals surface area (Å²) in [6, 6.07) is 6.06. The van der Waals surface area contributed by atoms with E-state index in [-0.39, 0.29) is 18.0 Å². The van der Waals surface area contributed by atoms with Crippen molar-refractivity contribution in [3.8, 4) is 11.5 Å².